The first-order valence-electron chi connectivity index (χ1n) is 10.8. The van der Waals surface area contributed by atoms with Gasteiger partial charge in [0.1, 0.15) is 18.1 Å². The lowest BCUT2D eigenvalue weighted by atomic mass is 10.2. The Balaban J connectivity index is 1.51. The van der Waals surface area contributed by atoms with Crippen molar-refractivity contribution in [2.24, 2.45) is 0 Å². The second-order valence-corrected chi connectivity index (χ2v) is 7.47. The van der Waals surface area contributed by atoms with Crippen LogP contribution in [0.2, 0.25) is 0 Å². The Morgan fingerprint density at radius 1 is 0.879 bits per heavy atom. The van der Waals surface area contributed by atoms with Gasteiger partial charge in [-0.05, 0) is 49.0 Å². The number of carbonyl (C=O) groups excluding carboxylic acids is 1. The van der Waals surface area contributed by atoms with Crippen LogP contribution in [0.15, 0.2) is 78.9 Å². The highest BCUT2D eigenvalue weighted by atomic mass is 32.1. The van der Waals surface area contributed by atoms with Crippen molar-refractivity contribution in [2.75, 3.05) is 31.7 Å². The molecule has 0 saturated heterocycles. The molecule has 172 valence electrons. The summed E-state index contributed by atoms with van der Waals surface area (Å²) in [6.07, 6.45) is 0.818. The van der Waals surface area contributed by atoms with Crippen molar-refractivity contribution in [3.8, 4) is 11.5 Å². The largest absolute Gasteiger partial charge is 0.493 e. The molecule has 7 heteroatoms. The zero-order valence-corrected chi connectivity index (χ0v) is 19.4. The van der Waals surface area contributed by atoms with Crippen molar-refractivity contribution in [3.63, 3.8) is 0 Å². The summed E-state index contributed by atoms with van der Waals surface area (Å²) in [4.78, 5) is 12.7. The first-order valence-corrected chi connectivity index (χ1v) is 11.2. The predicted octanol–water partition coefficient (Wildman–Crippen LogP) is 4.85. The summed E-state index contributed by atoms with van der Waals surface area (Å²) in [5.74, 6) is 0.846. The Morgan fingerprint density at radius 2 is 1.67 bits per heavy atom. The summed E-state index contributed by atoms with van der Waals surface area (Å²) in [7, 11) is 0. The molecule has 33 heavy (non-hydrogen) atoms. The molecule has 3 rings (SSSR count). The second kappa shape index (κ2) is 13.2. The van der Waals surface area contributed by atoms with E-state index in [4.69, 9.17) is 26.4 Å². The molecule has 0 saturated carbocycles. The molecule has 0 aromatic heterocycles. The Morgan fingerprint density at radius 3 is 2.48 bits per heavy atom. The number of para-hydroxylation sites is 1. The van der Waals surface area contributed by atoms with Crippen LogP contribution in [0.3, 0.4) is 0 Å². The first kappa shape index (κ1) is 24.2. The fraction of sp³-hybridized carbons (Fsp3) is 0.231. The molecule has 2 N–H and O–H groups in total. The topological polar surface area (TPSA) is 68.8 Å². The molecule has 6 nitrogen and oxygen atoms in total. The van der Waals surface area contributed by atoms with E-state index in [2.05, 4.69) is 22.8 Å². The molecular formula is C26H28N2O4S. The minimum Gasteiger partial charge on any atom is -0.493 e. The van der Waals surface area contributed by atoms with Crippen molar-refractivity contribution < 1.29 is 19.0 Å². The summed E-state index contributed by atoms with van der Waals surface area (Å²) >= 11 is 5.33. The van der Waals surface area contributed by atoms with Crippen LogP contribution < -0.4 is 20.1 Å². The van der Waals surface area contributed by atoms with Crippen LogP contribution in [0.1, 0.15) is 22.8 Å². The van der Waals surface area contributed by atoms with Gasteiger partial charge in [-0.3, -0.25) is 10.1 Å². The lowest BCUT2D eigenvalue weighted by Gasteiger charge is -2.14. The van der Waals surface area contributed by atoms with Crippen LogP contribution >= 0.6 is 12.2 Å². The molecule has 0 aliphatic carbocycles. The van der Waals surface area contributed by atoms with Crippen LogP contribution in [0.4, 0.5) is 5.69 Å². The van der Waals surface area contributed by atoms with Gasteiger partial charge in [-0.2, -0.15) is 0 Å². The molecule has 0 aliphatic heterocycles. The Labute approximate surface area is 199 Å². The van der Waals surface area contributed by atoms with Gasteiger partial charge in [-0.15, -0.1) is 0 Å². The standard InChI is InChI=1S/C26H28N2O4S/c1-2-30-17-18-32-24-14-7-6-13-23(24)25(29)28-26(33)27-21-11-8-12-22(19-21)31-16-15-20-9-4-3-5-10-20/h3-14,19H,2,15-18H2,1H3,(H2,27,28,29,33). The zero-order valence-electron chi connectivity index (χ0n) is 18.6. The van der Waals surface area contributed by atoms with Gasteiger partial charge in [-0.1, -0.05) is 48.5 Å². The normalized spacial score (nSPS) is 10.3. The number of ether oxygens (including phenoxy) is 3. The first-order chi connectivity index (χ1) is 16.2. The van der Waals surface area contributed by atoms with E-state index in [0.717, 1.165) is 17.9 Å². The number of anilines is 1. The van der Waals surface area contributed by atoms with Gasteiger partial charge < -0.3 is 19.5 Å². The average molecular weight is 465 g/mol. The van der Waals surface area contributed by atoms with Crippen LogP contribution in [0.25, 0.3) is 0 Å². The second-order valence-electron chi connectivity index (χ2n) is 7.06. The van der Waals surface area contributed by atoms with E-state index in [1.807, 2.05) is 55.5 Å². The maximum absolute atomic E-state index is 12.7. The van der Waals surface area contributed by atoms with Gasteiger partial charge in [0.15, 0.2) is 5.11 Å². The van der Waals surface area contributed by atoms with Crippen molar-refractivity contribution in [3.05, 3.63) is 90.0 Å². The minimum atomic E-state index is -0.352. The quantitative estimate of drug-likeness (QED) is 0.312. The smallest absolute Gasteiger partial charge is 0.261 e. The van der Waals surface area contributed by atoms with Gasteiger partial charge in [0.2, 0.25) is 0 Å². The van der Waals surface area contributed by atoms with Gasteiger partial charge >= 0.3 is 0 Å². The summed E-state index contributed by atoms with van der Waals surface area (Å²) in [6.45, 7) is 3.91. The third kappa shape index (κ3) is 8.21. The van der Waals surface area contributed by atoms with Crippen molar-refractivity contribution >= 4 is 28.9 Å². The van der Waals surface area contributed by atoms with Crippen molar-refractivity contribution in [1.29, 1.82) is 0 Å². The van der Waals surface area contributed by atoms with E-state index in [-0.39, 0.29) is 11.0 Å². The molecule has 0 aliphatic rings. The number of carbonyl (C=O) groups is 1. The van der Waals surface area contributed by atoms with Crippen molar-refractivity contribution in [2.45, 2.75) is 13.3 Å². The molecule has 1 amide bonds. The molecule has 0 fully saturated rings. The fourth-order valence-electron chi connectivity index (χ4n) is 3.06. The number of rotatable bonds is 11. The molecular weight excluding hydrogens is 436 g/mol. The molecule has 0 radical (unpaired) electrons. The highest BCUT2D eigenvalue weighted by Gasteiger charge is 2.14. The molecule has 0 atom stereocenters. The molecule has 3 aromatic rings. The van der Waals surface area contributed by atoms with Gasteiger partial charge in [0.05, 0.1) is 18.8 Å². The van der Waals surface area contributed by atoms with Crippen LogP contribution in [0.5, 0.6) is 11.5 Å². The van der Waals surface area contributed by atoms with Crippen LogP contribution in [-0.2, 0) is 11.2 Å². The Kier molecular flexibility index (Phi) is 9.69. The number of hydrogen-bond donors (Lipinski definition) is 2. The number of nitrogens with one attached hydrogen (secondary N) is 2. The van der Waals surface area contributed by atoms with Gasteiger partial charge in [-0.25, -0.2) is 0 Å². The average Bonchev–Trinajstić information content (AvgIpc) is 2.83. The summed E-state index contributed by atoms with van der Waals surface area (Å²) in [5, 5.41) is 5.91. The monoisotopic (exact) mass is 464 g/mol. The number of hydrogen-bond acceptors (Lipinski definition) is 5. The highest BCUT2D eigenvalue weighted by Crippen LogP contribution is 2.19. The van der Waals surface area contributed by atoms with Crippen LogP contribution in [0, 0.1) is 0 Å². The lowest BCUT2D eigenvalue weighted by molar-refractivity contribution is 0.0958. The fourth-order valence-corrected chi connectivity index (χ4v) is 3.27. The van der Waals surface area contributed by atoms with Gasteiger partial charge in [0.25, 0.3) is 5.91 Å². The minimum absolute atomic E-state index is 0.186. The summed E-state index contributed by atoms with van der Waals surface area (Å²) < 4.78 is 16.8. The van der Waals surface area contributed by atoms with E-state index in [1.165, 1.54) is 5.56 Å². The third-order valence-corrected chi connectivity index (χ3v) is 4.85. The molecule has 0 unspecified atom stereocenters. The number of benzene rings is 3. The lowest BCUT2D eigenvalue weighted by Crippen LogP contribution is -2.34. The van der Waals surface area contributed by atoms with Crippen molar-refractivity contribution in [1.82, 2.24) is 5.32 Å². The van der Waals surface area contributed by atoms with E-state index < -0.39 is 0 Å². The predicted molar refractivity (Wildman–Crippen MR) is 134 cm³/mol. The van der Waals surface area contributed by atoms with E-state index in [9.17, 15) is 4.79 Å². The SMILES string of the molecule is CCOCCOc1ccccc1C(=O)NC(=S)Nc1cccc(OCCc2ccccc2)c1. The summed E-state index contributed by atoms with van der Waals surface area (Å²) in [6, 6.07) is 24.6. The summed E-state index contributed by atoms with van der Waals surface area (Å²) in [5.41, 5.74) is 2.34. The van der Waals surface area contributed by atoms with Crippen LogP contribution in [-0.4, -0.2) is 37.4 Å². The maximum Gasteiger partial charge on any atom is 0.261 e. The molecule has 0 heterocycles. The highest BCUT2D eigenvalue weighted by molar-refractivity contribution is 7.80. The molecule has 0 spiro atoms. The number of thiocarbonyl (C=S) groups is 1. The van der Waals surface area contributed by atoms with E-state index >= 15 is 0 Å². The third-order valence-electron chi connectivity index (χ3n) is 4.64. The van der Waals surface area contributed by atoms with Gasteiger partial charge in [0, 0.05) is 24.8 Å². The maximum atomic E-state index is 12.7. The zero-order chi connectivity index (χ0) is 23.3. The number of amides is 1. The Bertz CT molecular complexity index is 1040. The van der Waals surface area contributed by atoms with E-state index in [0.29, 0.717) is 37.7 Å². The Hall–Kier alpha value is -3.42. The molecule has 0 bridgehead atoms. The molecule has 3 aromatic carbocycles. The van der Waals surface area contributed by atoms with E-state index in [1.54, 1.807) is 18.2 Å².